The lowest BCUT2D eigenvalue weighted by Crippen LogP contribution is -2.28. The van der Waals surface area contributed by atoms with E-state index in [-0.39, 0.29) is 22.0 Å². The van der Waals surface area contributed by atoms with Crippen LogP contribution in [0.3, 0.4) is 0 Å². The molecular weight excluding hydrogens is 453 g/mol. The van der Waals surface area contributed by atoms with Gasteiger partial charge in [-0.15, -0.1) is 0 Å². The van der Waals surface area contributed by atoms with E-state index in [0.29, 0.717) is 39.5 Å². The van der Waals surface area contributed by atoms with Crippen molar-refractivity contribution in [2.24, 2.45) is 0 Å². The summed E-state index contributed by atoms with van der Waals surface area (Å²) < 4.78 is 8.62. The number of fused-ring (bicyclic) bond motifs is 1. The molecule has 2 heterocycles. The summed E-state index contributed by atoms with van der Waals surface area (Å²) in [5.41, 5.74) is 1.10. The Hall–Kier alpha value is -3.29. The summed E-state index contributed by atoms with van der Waals surface area (Å²) in [7, 11) is 1.55. The summed E-state index contributed by atoms with van der Waals surface area (Å²) in [6.07, 6.45) is 1.59. The van der Waals surface area contributed by atoms with Gasteiger partial charge in [-0.05, 0) is 38.1 Å². The highest BCUT2D eigenvalue weighted by Crippen LogP contribution is 2.33. The van der Waals surface area contributed by atoms with Crippen LogP contribution in [0.15, 0.2) is 47.4 Å². The maximum Gasteiger partial charge on any atom is 0.341 e. The topological polar surface area (TPSA) is 86.4 Å². The van der Waals surface area contributed by atoms with Gasteiger partial charge < -0.3 is 14.4 Å². The molecule has 0 bridgehead atoms. The molecule has 4 rings (SSSR count). The number of carboxylic acids is 1. The third-order valence-corrected chi connectivity index (χ3v) is 6.16. The van der Waals surface area contributed by atoms with Gasteiger partial charge in [-0.2, -0.15) is 5.10 Å². The molecule has 0 radical (unpaired) electrons. The largest absolute Gasteiger partial charge is 0.496 e. The van der Waals surface area contributed by atoms with Crippen molar-refractivity contribution in [3.8, 4) is 22.7 Å². The number of aromatic carboxylic acids is 1. The van der Waals surface area contributed by atoms with Crippen molar-refractivity contribution in [1.82, 2.24) is 14.3 Å². The first-order valence-electron chi connectivity index (χ1n) is 9.77. The number of nitrogens with zero attached hydrogens (tertiary/aromatic N) is 3. The lowest BCUT2D eigenvalue weighted by molar-refractivity contribution is 0.0695. The Morgan fingerprint density at radius 3 is 2.56 bits per heavy atom. The van der Waals surface area contributed by atoms with E-state index in [4.69, 9.17) is 27.9 Å². The summed E-state index contributed by atoms with van der Waals surface area (Å²) in [6, 6.07) is 10.2. The van der Waals surface area contributed by atoms with Crippen LogP contribution in [0.2, 0.25) is 10.0 Å². The number of hydrogen-bond donors (Lipinski definition) is 1. The molecule has 164 valence electrons. The second-order valence-corrected chi connectivity index (χ2v) is 7.93. The van der Waals surface area contributed by atoms with Crippen molar-refractivity contribution in [3.63, 3.8) is 0 Å². The molecule has 0 aliphatic carbocycles. The smallest absolute Gasteiger partial charge is 0.341 e. The van der Waals surface area contributed by atoms with Gasteiger partial charge in [-0.1, -0.05) is 35.3 Å². The fourth-order valence-corrected chi connectivity index (χ4v) is 4.29. The first-order chi connectivity index (χ1) is 15.3. The van der Waals surface area contributed by atoms with Gasteiger partial charge >= 0.3 is 5.97 Å². The van der Waals surface area contributed by atoms with E-state index in [1.165, 1.54) is 4.68 Å². The van der Waals surface area contributed by atoms with Crippen LogP contribution in [0.5, 0.6) is 5.75 Å². The highest BCUT2D eigenvalue weighted by Gasteiger charge is 2.27. The van der Waals surface area contributed by atoms with E-state index in [1.807, 2.05) is 6.92 Å². The number of carbonyl (C=O) groups is 1. The summed E-state index contributed by atoms with van der Waals surface area (Å²) in [5, 5.41) is 15.7. The highest BCUT2D eigenvalue weighted by molar-refractivity contribution is 6.42. The maximum atomic E-state index is 13.6. The van der Waals surface area contributed by atoms with E-state index in [0.717, 1.165) is 0 Å². The number of ether oxygens (including phenoxy) is 1. The Labute approximate surface area is 193 Å². The highest BCUT2D eigenvalue weighted by atomic mass is 35.5. The molecule has 32 heavy (non-hydrogen) atoms. The fourth-order valence-electron chi connectivity index (χ4n) is 3.99. The van der Waals surface area contributed by atoms with Gasteiger partial charge in [0.05, 0.1) is 39.9 Å². The van der Waals surface area contributed by atoms with Crippen molar-refractivity contribution in [3.05, 3.63) is 74.1 Å². The number of methoxy groups -OCH3 is 1. The molecule has 0 unspecified atom stereocenters. The molecule has 7 nitrogen and oxygen atoms in total. The molecular formula is C23H19Cl2N3O4. The summed E-state index contributed by atoms with van der Waals surface area (Å²) in [6.45, 7) is 4.05. The lowest BCUT2D eigenvalue weighted by atomic mass is 10.0. The predicted molar refractivity (Wildman–Crippen MR) is 125 cm³/mol. The standard InChI is InChI=1S/C23H19Cl2N3O4/c1-4-27-12(2)20(28-17-6-5-7-18(32-3)14(17)11-26-28)22(29)19(23(30)31)21(27)13-8-9-15(24)16(25)10-13/h5-11H,4H2,1-3H3,(H,30,31). The number of pyridine rings is 1. The monoisotopic (exact) mass is 471 g/mol. The minimum atomic E-state index is -1.34. The van der Waals surface area contributed by atoms with Gasteiger partial charge in [-0.3, -0.25) is 4.79 Å². The Balaban J connectivity index is 2.12. The van der Waals surface area contributed by atoms with Crippen LogP contribution < -0.4 is 10.2 Å². The minimum absolute atomic E-state index is 0.163. The van der Waals surface area contributed by atoms with E-state index < -0.39 is 11.4 Å². The molecule has 0 atom stereocenters. The average Bonchev–Trinajstić information content (AvgIpc) is 3.19. The molecule has 0 aliphatic heterocycles. The average molecular weight is 472 g/mol. The second kappa shape index (κ2) is 8.33. The van der Waals surface area contributed by atoms with Crippen molar-refractivity contribution < 1.29 is 14.6 Å². The quantitative estimate of drug-likeness (QED) is 0.432. The Morgan fingerprint density at radius 1 is 1.19 bits per heavy atom. The number of carboxylic acid groups (broad SMARTS) is 1. The molecule has 9 heteroatoms. The van der Waals surface area contributed by atoms with Crippen LogP contribution >= 0.6 is 23.2 Å². The van der Waals surface area contributed by atoms with Gasteiger partial charge in [0.2, 0.25) is 5.43 Å². The van der Waals surface area contributed by atoms with E-state index in [2.05, 4.69) is 5.10 Å². The summed E-state index contributed by atoms with van der Waals surface area (Å²) >= 11 is 12.2. The molecule has 1 N–H and O–H groups in total. The van der Waals surface area contributed by atoms with Gasteiger partial charge in [0.25, 0.3) is 0 Å². The van der Waals surface area contributed by atoms with Crippen molar-refractivity contribution in [2.45, 2.75) is 20.4 Å². The summed E-state index contributed by atoms with van der Waals surface area (Å²) in [5.74, 6) is -0.735. The molecule has 0 fully saturated rings. The lowest BCUT2D eigenvalue weighted by Gasteiger charge is -2.21. The molecule has 0 saturated heterocycles. The summed E-state index contributed by atoms with van der Waals surface area (Å²) in [4.78, 5) is 25.9. The molecule has 0 saturated carbocycles. The molecule has 0 aliphatic rings. The van der Waals surface area contributed by atoms with Crippen LogP contribution in [0, 0.1) is 6.92 Å². The molecule has 0 spiro atoms. The van der Waals surface area contributed by atoms with Crippen LogP contribution in [0.4, 0.5) is 0 Å². The van der Waals surface area contributed by atoms with Gasteiger partial charge in [0.1, 0.15) is 17.0 Å². The number of halogens is 2. The normalized spacial score (nSPS) is 11.2. The first kappa shape index (κ1) is 21.9. The molecule has 4 aromatic rings. The van der Waals surface area contributed by atoms with Crippen molar-refractivity contribution >= 4 is 40.1 Å². The van der Waals surface area contributed by atoms with Gasteiger partial charge in [0.15, 0.2) is 0 Å². The van der Waals surface area contributed by atoms with Crippen LogP contribution in [0.1, 0.15) is 23.0 Å². The van der Waals surface area contributed by atoms with Crippen molar-refractivity contribution in [1.29, 1.82) is 0 Å². The van der Waals surface area contributed by atoms with Gasteiger partial charge in [-0.25, -0.2) is 9.48 Å². The third-order valence-electron chi connectivity index (χ3n) is 5.42. The fraction of sp³-hybridized carbons (Fsp3) is 0.174. The zero-order valence-corrected chi connectivity index (χ0v) is 19.0. The molecule has 0 amide bonds. The van der Waals surface area contributed by atoms with E-state index >= 15 is 0 Å². The zero-order valence-electron chi connectivity index (χ0n) is 17.5. The Morgan fingerprint density at radius 2 is 1.94 bits per heavy atom. The molecule has 2 aromatic heterocycles. The van der Waals surface area contributed by atoms with E-state index in [9.17, 15) is 14.7 Å². The second-order valence-electron chi connectivity index (χ2n) is 7.11. The maximum absolute atomic E-state index is 13.6. The van der Waals surface area contributed by atoms with E-state index in [1.54, 1.807) is 61.2 Å². The predicted octanol–water partition coefficient (Wildman–Crippen LogP) is 5.20. The SMILES string of the molecule is CCn1c(C)c(-n2ncc3c(OC)cccc32)c(=O)c(C(=O)O)c1-c1ccc(Cl)c(Cl)c1. The van der Waals surface area contributed by atoms with Gasteiger partial charge in [0, 0.05) is 17.8 Å². The van der Waals surface area contributed by atoms with Crippen molar-refractivity contribution in [2.75, 3.05) is 7.11 Å². The Bertz CT molecular complexity index is 1440. The number of hydrogen-bond acceptors (Lipinski definition) is 4. The number of aromatic nitrogens is 3. The third kappa shape index (κ3) is 3.34. The van der Waals surface area contributed by atoms with Crippen LogP contribution in [-0.4, -0.2) is 32.5 Å². The van der Waals surface area contributed by atoms with Crippen LogP contribution in [-0.2, 0) is 6.54 Å². The number of rotatable bonds is 5. The minimum Gasteiger partial charge on any atom is -0.496 e. The zero-order chi connectivity index (χ0) is 23.2. The number of benzene rings is 2. The van der Waals surface area contributed by atoms with Crippen LogP contribution in [0.25, 0.3) is 27.8 Å². The molecule has 2 aromatic carbocycles. The first-order valence-corrected chi connectivity index (χ1v) is 10.5. The Kier molecular flexibility index (Phi) is 5.71.